The SMILES string of the molecule is CCCC(OCc1ccccc1)C1=CC=CC1.CCCCOC=O. The molecule has 0 heterocycles. The van der Waals surface area contributed by atoms with Gasteiger partial charge in [0.15, 0.2) is 0 Å². The molecule has 0 fully saturated rings. The van der Waals surface area contributed by atoms with E-state index in [1.54, 1.807) is 0 Å². The first kappa shape index (κ1) is 20.2. The standard InChI is InChI=1S/C16H20O.C5H10O2/c1-2-8-16(15-11-6-7-12-15)17-13-14-9-4-3-5-10-14;1-2-3-4-7-5-6/h3-7,9-11,16H,2,8,12-13H2,1H3;5H,2-4H2,1H3. The van der Waals surface area contributed by atoms with E-state index in [-0.39, 0.29) is 6.10 Å². The fourth-order valence-electron chi connectivity index (χ4n) is 2.39. The number of hydrogen-bond acceptors (Lipinski definition) is 3. The molecule has 0 radical (unpaired) electrons. The van der Waals surface area contributed by atoms with Gasteiger partial charge in [-0.3, -0.25) is 4.79 Å². The Balaban J connectivity index is 0.000000351. The van der Waals surface area contributed by atoms with Gasteiger partial charge in [0, 0.05) is 0 Å². The Kier molecular flexibility index (Phi) is 11.4. The Morgan fingerprint density at radius 2 is 1.96 bits per heavy atom. The van der Waals surface area contributed by atoms with Gasteiger partial charge in [-0.1, -0.05) is 75.2 Å². The van der Waals surface area contributed by atoms with Crippen LogP contribution in [0.3, 0.4) is 0 Å². The lowest BCUT2D eigenvalue weighted by Crippen LogP contribution is -2.14. The highest BCUT2D eigenvalue weighted by Crippen LogP contribution is 2.22. The molecule has 1 aliphatic carbocycles. The second kappa shape index (κ2) is 13.6. The van der Waals surface area contributed by atoms with Gasteiger partial charge in [0.1, 0.15) is 0 Å². The average Bonchev–Trinajstić information content (AvgIpc) is 3.15. The zero-order valence-corrected chi connectivity index (χ0v) is 14.9. The van der Waals surface area contributed by atoms with Crippen LogP contribution in [0.1, 0.15) is 51.5 Å². The van der Waals surface area contributed by atoms with Crippen LogP contribution in [0.4, 0.5) is 0 Å². The highest BCUT2D eigenvalue weighted by molar-refractivity contribution is 5.36. The van der Waals surface area contributed by atoms with Crippen LogP contribution >= 0.6 is 0 Å². The van der Waals surface area contributed by atoms with Crippen LogP contribution in [0.5, 0.6) is 0 Å². The summed E-state index contributed by atoms with van der Waals surface area (Å²) >= 11 is 0. The van der Waals surface area contributed by atoms with Crippen LogP contribution in [0.15, 0.2) is 54.1 Å². The maximum absolute atomic E-state index is 9.46. The summed E-state index contributed by atoms with van der Waals surface area (Å²) in [7, 11) is 0. The molecule has 1 aromatic carbocycles. The smallest absolute Gasteiger partial charge is 0.293 e. The van der Waals surface area contributed by atoms with Crippen molar-refractivity contribution in [3.05, 3.63) is 59.7 Å². The van der Waals surface area contributed by atoms with Crippen molar-refractivity contribution in [2.45, 2.75) is 58.7 Å². The molecule has 0 aromatic heterocycles. The summed E-state index contributed by atoms with van der Waals surface area (Å²) in [6, 6.07) is 10.4. The Bertz CT molecular complexity index is 491. The molecule has 0 amide bonds. The summed E-state index contributed by atoms with van der Waals surface area (Å²) in [6.45, 7) is 6.02. The van der Waals surface area contributed by atoms with E-state index in [0.29, 0.717) is 19.7 Å². The maximum atomic E-state index is 9.46. The van der Waals surface area contributed by atoms with Gasteiger partial charge in [0.25, 0.3) is 6.47 Å². The number of ether oxygens (including phenoxy) is 2. The molecule has 0 aliphatic heterocycles. The van der Waals surface area contributed by atoms with Crippen molar-refractivity contribution >= 4 is 6.47 Å². The van der Waals surface area contributed by atoms with Crippen LogP contribution in [-0.4, -0.2) is 19.2 Å². The van der Waals surface area contributed by atoms with Crippen molar-refractivity contribution < 1.29 is 14.3 Å². The predicted molar refractivity (Wildman–Crippen MR) is 98.7 cm³/mol. The van der Waals surface area contributed by atoms with Gasteiger partial charge in [-0.25, -0.2) is 0 Å². The fraction of sp³-hybridized carbons (Fsp3) is 0.476. The van der Waals surface area contributed by atoms with Crippen molar-refractivity contribution in [3.8, 4) is 0 Å². The van der Waals surface area contributed by atoms with Gasteiger partial charge in [-0.05, 0) is 30.4 Å². The van der Waals surface area contributed by atoms with Crippen molar-refractivity contribution in [1.29, 1.82) is 0 Å². The van der Waals surface area contributed by atoms with E-state index in [9.17, 15) is 4.79 Å². The molecule has 132 valence electrons. The van der Waals surface area contributed by atoms with Gasteiger partial charge < -0.3 is 9.47 Å². The lowest BCUT2D eigenvalue weighted by Gasteiger charge is -2.18. The molecular formula is C21H30O3. The van der Waals surface area contributed by atoms with E-state index < -0.39 is 0 Å². The Labute approximate surface area is 146 Å². The van der Waals surface area contributed by atoms with Crippen LogP contribution in [-0.2, 0) is 20.9 Å². The Morgan fingerprint density at radius 1 is 1.17 bits per heavy atom. The minimum Gasteiger partial charge on any atom is -0.468 e. The summed E-state index contributed by atoms with van der Waals surface area (Å²) in [4.78, 5) is 9.46. The van der Waals surface area contributed by atoms with Gasteiger partial charge in [-0.15, -0.1) is 0 Å². The molecule has 2 rings (SSSR count). The molecule has 24 heavy (non-hydrogen) atoms. The summed E-state index contributed by atoms with van der Waals surface area (Å²) in [5.74, 6) is 0. The topological polar surface area (TPSA) is 35.5 Å². The van der Waals surface area contributed by atoms with Crippen LogP contribution in [0.2, 0.25) is 0 Å². The molecule has 0 saturated heterocycles. The zero-order chi connectivity index (χ0) is 17.5. The van der Waals surface area contributed by atoms with Crippen LogP contribution < -0.4 is 0 Å². The normalized spacial score (nSPS) is 13.7. The summed E-state index contributed by atoms with van der Waals surface area (Å²) in [5, 5.41) is 0. The molecule has 0 N–H and O–H groups in total. The molecule has 0 saturated carbocycles. The van der Waals surface area contributed by atoms with E-state index in [1.165, 1.54) is 11.1 Å². The third-order valence-corrected chi connectivity index (χ3v) is 3.74. The van der Waals surface area contributed by atoms with Crippen molar-refractivity contribution in [2.75, 3.05) is 6.61 Å². The summed E-state index contributed by atoms with van der Waals surface area (Å²) < 4.78 is 10.4. The first-order chi connectivity index (χ1) is 11.8. The highest BCUT2D eigenvalue weighted by Gasteiger charge is 2.14. The zero-order valence-electron chi connectivity index (χ0n) is 14.9. The Hall–Kier alpha value is -1.87. The minimum absolute atomic E-state index is 0.287. The highest BCUT2D eigenvalue weighted by atomic mass is 16.5. The van der Waals surface area contributed by atoms with E-state index >= 15 is 0 Å². The molecule has 0 spiro atoms. The molecule has 1 atom stereocenters. The third-order valence-electron chi connectivity index (χ3n) is 3.74. The monoisotopic (exact) mass is 330 g/mol. The van der Waals surface area contributed by atoms with E-state index in [2.05, 4.69) is 54.2 Å². The largest absolute Gasteiger partial charge is 0.468 e. The summed E-state index contributed by atoms with van der Waals surface area (Å²) in [6.07, 6.45) is 12.2. The third kappa shape index (κ3) is 8.68. The van der Waals surface area contributed by atoms with Crippen LogP contribution in [0, 0.1) is 0 Å². The predicted octanol–water partition coefficient (Wildman–Crippen LogP) is 5.22. The average molecular weight is 330 g/mol. The first-order valence-corrected chi connectivity index (χ1v) is 8.88. The van der Waals surface area contributed by atoms with Gasteiger partial charge >= 0.3 is 0 Å². The van der Waals surface area contributed by atoms with Crippen molar-refractivity contribution in [3.63, 3.8) is 0 Å². The number of carbonyl (C=O) groups excluding carboxylic acids is 1. The second-order valence-electron chi connectivity index (χ2n) is 5.77. The minimum atomic E-state index is 0.287. The van der Waals surface area contributed by atoms with Gasteiger partial charge in [0.2, 0.25) is 0 Å². The number of rotatable bonds is 10. The summed E-state index contributed by atoms with van der Waals surface area (Å²) in [5.41, 5.74) is 2.67. The molecule has 1 aliphatic rings. The quantitative estimate of drug-likeness (QED) is 0.436. The second-order valence-corrected chi connectivity index (χ2v) is 5.77. The van der Waals surface area contributed by atoms with Gasteiger partial charge in [-0.2, -0.15) is 0 Å². The first-order valence-electron chi connectivity index (χ1n) is 8.88. The number of unbranched alkanes of at least 4 members (excludes halogenated alkanes) is 1. The molecular weight excluding hydrogens is 300 g/mol. The van der Waals surface area contributed by atoms with E-state index in [4.69, 9.17) is 4.74 Å². The Morgan fingerprint density at radius 3 is 2.54 bits per heavy atom. The number of hydrogen-bond donors (Lipinski definition) is 0. The lowest BCUT2D eigenvalue weighted by atomic mass is 10.0. The molecule has 0 bridgehead atoms. The van der Waals surface area contributed by atoms with E-state index in [0.717, 1.165) is 32.1 Å². The number of benzene rings is 1. The van der Waals surface area contributed by atoms with Gasteiger partial charge in [0.05, 0.1) is 19.3 Å². The fourth-order valence-corrected chi connectivity index (χ4v) is 2.39. The van der Waals surface area contributed by atoms with Crippen molar-refractivity contribution in [2.24, 2.45) is 0 Å². The molecule has 3 heteroatoms. The van der Waals surface area contributed by atoms with Crippen molar-refractivity contribution in [1.82, 2.24) is 0 Å². The number of carbonyl (C=O) groups is 1. The van der Waals surface area contributed by atoms with Crippen LogP contribution in [0.25, 0.3) is 0 Å². The van der Waals surface area contributed by atoms with E-state index in [1.807, 2.05) is 13.0 Å². The lowest BCUT2D eigenvalue weighted by molar-refractivity contribution is -0.128. The molecule has 3 nitrogen and oxygen atoms in total. The molecule has 1 unspecified atom stereocenters. The number of allylic oxidation sites excluding steroid dienone is 3. The maximum Gasteiger partial charge on any atom is 0.293 e. The molecule has 1 aromatic rings.